The fourth-order valence-electron chi connectivity index (χ4n) is 1.46. The highest BCUT2D eigenvalue weighted by Crippen LogP contribution is 2.16. The molecule has 2 aromatic rings. The van der Waals surface area contributed by atoms with Crippen molar-refractivity contribution in [1.82, 2.24) is 9.97 Å². The number of anilines is 2. The molecule has 0 spiro atoms. The summed E-state index contributed by atoms with van der Waals surface area (Å²) in [5, 5.41) is 11.6. The van der Waals surface area contributed by atoms with Crippen molar-refractivity contribution < 1.29 is 14.6 Å². The van der Waals surface area contributed by atoms with Gasteiger partial charge in [0.05, 0.1) is 0 Å². The average molecular weight is 259 g/mol. The first-order chi connectivity index (χ1) is 9.13. The predicted octanol–water partition coefficient (Wildman–Crippen LogP) is 1.99. The third kappa shape index (κ3) is 3.95. The summed E-state index contributed by atoms with van der Waals surface area (Å²) in [6, 6.07) is 11.0. The van der Waals surface area contributed by atoms with E-state index in [2.05, 4.69) is 15.3 Å². The van der Waals surface area contributed by atoms with Gasteiger partial charge in [-0.25, -0.2) is 9.78 Å². The molecule has 0 atom stereocenters. The van der Waals surface area contributed by atoms with E-state index in [-0.39, 0.29) is 5.88 Å². The zero-order chi connectivity index (χ0) is 13.7. The summed E-state index contributed by atoms with van der Waals surface area (Å²) in [6.45, 7) is 1.35. The molecule has 2 rings (SSSR count). The Morgan fingerprint density at radius 3 is 2.74 bits per heavy atom. The Labute approximate surface area is 110 Å². The lowest BCUT2D eigenvalue weighted by Crippen LogP contribution is -2.11. The van der Waals surface area contributed by atoms with Crippen molar-refractivity contribution in [3.63, 3.8) is 0 Å². The van der Waals surface area contributed by atoms with E-state index in [1.54, 1.807) is 13.0 Å². The number of nitrogens with zero attached hydrogens (tertiary/aromatic N) is 2. The number of para-hydroxylation sites is 1. The summed E-state index contributed by atoms with van der Waals surface area (Å²) in [4.78, 5) is 18.7. The molecule has 2 N–H and O–H groups in total. The number of carboxylic acid groups (broad SMARTS) is 1. The number of aromatic nitrogens is 2. The number of nitrogens with one attached hydrogen (secondary N) is 1. The molecule has 6 heteroatoms. The minimum absolute atomic E-state index is 0.230. The molecule has 1 aromatic heterocycles. The Morgan fingerprint density at radius 1 is 1.32 bits per heavy atom. The molecule has 0 aliphatic carbocycles. The van der Waals surface area contributed by atoms with Gasteiger partial charge < -0.3 is 15.2 Å². The average Bonchev–Trinajstić information content (AvgIpc) is 2.37. The van der Waals surface area contributed by atoms with Gasteiger partial charge in [-0.15, -0.1) is 0 Å². The molecule has 0 unspecified atom stereocenters. The van der Waals surface area contributed by atoms with Crippen LogP contribution in [0.15, 0.2) is 36.4 Å². The molecule has 1 aromatic carbocycles. The third-order valence-corrected chi connectivity index (χ3v) is 2.20. The monoisotopic (exact) mass is 259 g/mol. The molecule has 0 aliphatic heterocycles. The Kier molecular flexibility index (Phi) is 3.92. The first-order valence-electron chi connectivity index (χ1n) is 5.66. The van der Waals surface area contributed by atoms with E-state index in [1.807, 2.05) is 30.3 Å². The fraction of sp³-hybridized carbons (Fsp3) is 0.154. The maximum absolute atomic E-state index is 10.4. The van der Waals surface area contributed by atoms with Gasteiger partial charge in [-0.1, -0.05) is 18.2 Å². The van der Waals surface area contributed by atoms with Gasteiger partial charge in [0, 0.05) is 17.4 Å². The van der Waals surface area contributed by atoms with Gasteiger partial charge in [0.15, 0.2) is 6.61 Å². The van der Waals surface area contributed by atoms with Gasteiger partial charge in [0.25, 0.3) is 0 Å². The van der Waals surface area contributed by atoms with Crippen molar-refractivity contribution in [3.8, 4) is 5.88 Å². The van der Waals surface area contributed by atoms with Crippen molar-refractivity contribution in [2.24, 2.45) is 0 Å². The Balaban J connectivity index is 2.14. The Bertz CT molecular complexity index is 573. The molecule has 98 valence electrons. The van der Waals surface area contributed by atoms with Crippen molar-refractivity contribution in [2.75, 3.05) is 11.9 Å². The van der Waals surface area contributed by atoms with Gasteiger partial charge in [-0.3, -0.25) is 0 Å². The van der Waals surface area contributed by atoms with Crippen LogP contribution < -0.4 is 10.1 Å². The van der Waals surface area contributed by atoms with E-state index in [0.717, 1.165) is 5.69 Å². The highest BCUT2D eigenvalue weighted by atomic mass is 16.5. The van der Waals surface area contributed by atoms with Crippen LogP contribution in [0.5, 0.6) is 5.88 Å². The van der Waals surface area contributed by atoms with Crippen molar-refractivity contribution in [2.45, 2.75) is 6.92 Å². The molecule has 1 heterocycles. The molecule has 0 saturated carbocycles. The number of hydrogen-bond acceptors (Lipinski definition) is 5. The minimum atomic E-state index is -1.05. The lowest BCUT2D eigenvalue weighted by molar-refractivity contribution is -0.139. The molecule has 0 radical (unpaired) electrons. The smallest absolute Gasteiger partial charge is 0.341 e. The largest absolute Gasteiger partial charge is 0.479 e. The summed E-state index contributed by atoms with van der Waals surface area (Å²) in [6.07, 6.45) is 0. The van der Waals surface area contributed by atoms with Gasteiger partial charge in [0.1, 0.15) is 0 Å². The quantitative estimate of drug-likeness (QED) is 0.854. The fourth-order valence-corrected chi connectivity index (χ4v) is 1.46. The summed E-state index contributed by atoms with van der Waals surface area (Å²) >= 11 is 0. The topological polar surface area (TPSA) is 84.3 Å². The summed E-state index contributed by atoms with van der Waals surface area (Å²) in [5.41, 5.74) is 1.53. The van der Waals surface area contributed by atoms with Crippen LogP contribution in [0.3, 0.4) is 0 Å². The number of aliphatic carboxylic acids is 1. The predicted molar refractivity (Wildman–Crippen MR) is 69.6 cm³/mol. The summed E-state index contributed by atoms with van der Waals surface area (Å²) < 4.78 is 5.04. The number of aryl methyl sites for hydroxylation is 1. The van der Waals surface area contributed by atoms with Crippen LogP contribution in [-0.2, 0) is 4.79 Å². The SMILES string of the molecule is Cc1cc(OCC(=O)O)nc(Nc2ccccc2)n1. The van der Waals surface area contributed by atoms with Crippen LogP contribution in [0.2, 0.25) is 0 Å². The minimum Gasteiger partial charge on any atom is -0.479 e. The standard InChI is InChI=1S/C13H13N3O3/c1-9-7-11(19-8-12(17)18)16-13(14-9)15-10-5-3-2-4-6-10/h2-7H,8H2,1H3,(H,17,18)(H,14,15,16). The highest BCUT2D eigenvalue weighted by Gasteiger charge is 2.05. The number of rotatable bonds is 5. The molecular weight excluding hydrogens is 246 g/mol. The maximum Gasteiger partial charge on any atom is 0.341 e. The lowest BCUT2D eigenvalue weighted by Gasteiger charge is -2.08. The van der Waals surface area contributed by atoms with E-state index in [1.165, 1.54) is 0 Å². The molecule has 19 heavy (non-hydrogen) atoms. The van der Waals surface area contributed by atoms with Gasteiger partial charge in [-0.2, -0.15) is 4.98 Å². The number of hydrogen-bond donors (Lipinski definition) is 2. The molecule has 0 amide bonds. The Morgan fingerprint density at radius 2 is 2.05 bits per heavy atom. The summed E-state index contributed by atoms with van der Waals surface area (Å²) in [5.74, 6) is -0.450. The van der Waals surface area contributed by atoms with E-state index >= 15 is 0 Å². The first kappa shape index (κ1) is 12.8. The lowest BCUT2D eigenvalue weighted by atomic mass is 10.3. The van der Waals surface area contributed by atoms with Crippen LogP contribution in [-0.4, -0.2) is 27.7 Å². The van der Waals surface area contributed by atoms with Crippen molar-refractivity contribution >= 4 is 17.6 Å². The number of carbonyl (C=O) groups is 1. The molecular formula is C13H13N3O3. The third-order valence-electron chi connectivity index (χ3n) is 2.20. The number of ether oxygens (including phenoxy) is 1. The Hall–Kier alpha value is -2.63. The van der Waals surface area contributed by atoms with Crippen LogP contribution in [0.1, 0.15) is 5.69 Å². The van der Waals surface area contributed by atoms with Crippen LogP contribution in [0, 0.1) is 6.92 Å². The second-order valence-corrected chi connectivity index (χ2v) is 3.84. The van der Waals surface area contributed by atoms with Crippen LogP contribution in [0.25, 0.3) is 0 Å². The molecule has 0 aliphatic rings. The van der Waals surface area contributed by atoms with E-state index in [4.69, 9.17) is 9.84 Å². The normalized spacial score (nSPS) is 9.95. The molecule has 0 bridgehead atoms. The molecule has 0 fully saturated rings. The van der Waals surface area contributed by atoms with Crippen LogP contribution in [0.4, 0.5) is 11.6 Å². The highest BCUT2D eigenvalue weighted by molar-refractivity contribution is 5.68. The van der Waals surface area contributed by atoms with Gasteiger partial charge in [0.2, 0.25) is 11.8 Å². The van der Waals surface area contributed by atoms with Gasteiger partial charge >= 0.3 is 5.97 Å². The van der Waals surface area contributed by atoms with Crippen molar-refractivity contribution in [3.05, 3.63) is 42.1 Å². The number of benzene rings is 1. The van der Waals surface area contributed by atoms with Crippen molar-refractivity contribution in [1.29, 1.82) is 0 Å². The van der Waals surface area contributed by atoms with E-state index in [0.29, 0.717) is 11.6 Å². The maximum atomic E-state index is 10.4. The second kappa shape index (κ2) is 5.81. The zero-order valence-corrected chi connectivity index (χ0v) is 10.3. The first-order valence-corrected chi connectivity index (χ1v) is 5.66. The zero-order valence-electron chi connectivity index (χ0n) is 10.3. The van der Waals surface area contributed by atoms with E-state index < -0.39 is 12.6 Å². The summed E-state index contributed by atoms with van der Waals surface area (Å²) in [7, 11) is 0. The van der Waals surface area contributed by atoms with Crippen LogP contribution >= 0.6 is 0 Å². The molecule has 6 nitrogen and oxygen atoms in total. The second-order valence-electron chi connectivity index (χ2n) is 3.84. The van der Waals surface area contributed by atoms with E-state index in [9.17, 15) is 4.79 Å². The number of carboxylic acids is 1. The molecule has 0 saturated heterocycles. The van der Waals surface area contributed by atoms with Gasteiger partial charge in [-0.05, 0) is 19.1 Å².